The van der Waals surface area contributed by atoms with Gasteiger partial charge in [-0.15, -0.1) is 0 Å². The Morgan fingerprint density at radius 2 is 2.29 bits per heavy atom. The third-order valence-corrected chi connectivity index (χ3v) is 2.93. The fraction of sp³-hybridized carbons (Fsp3) is 0.400. The molecule has 1 heterocycles. The number of benzene rings is 1. The van der Waals surface area contributed by atoms with Crippen LogP contribution < -0.4 is 10.2 Å². The molecule has 1 atom stereocenters. The van der Waals surface area contributed by atoms with Gasteiger partial charge in [0, 0.05) is 18.1 Å². The van der Waals surface area contributed by atoms with Gasteiger partial charge in [0.25, 0.3) is 0 Å². The minimum absolute atomic E-state index is 0.566. The van der Waals surface area contributed by atoms with Crippen LogP contribution in [0.2, 0.25) is 10.0 Å². The first-order valence-corrected chi connectivity index (χ1v) is 5.34. The van der Waals surface area contributed by atoms with Gasteiger partial charge >= 0.3 is 0 Å². The molecule has 1 aliphatic rings. The van der Waals surface area contributed by atoms with Crippen molar-refractivity contribution >= 4 is 28.9 Å². The van der Waals surface area contributed by atoms with E-state index in [0.717, 1.165) is 28.8 Å². The lowest BCUT2D eigenvalue weighted by Crippen LogP contribution is -2.17. The van der Waals surface area contributed by atoms with Crippen molar-refractivity contribution in [1.82, 2.24) is 5.32 Å². The van der Waals surface area contributed by atoms with Gasteiger partial charge < -0.3 is 10.2 Å². The average molecular weight is 231 g/mol. The lowest BCUT2D eigenvalue weighted by molar-refractivity contribution is 0.791. The van der Waals surface area contributed by atoms with Gasteiger partial charge in [-0.3, -0.25) is 0 Å². The summed E-state index contributed by atoms with van der Waals surface area (Å²) in [6.45, 7) is 2.05. The predicted octanol–water partition coefficient (Wildman–Crippen LogP) is 2.40. The normalized spacial score (nSPS) is 19.9. The maximum Gasteiger partial charge on any atom is 0.0640 e. The van der Waals surface area contributed by atoms with E-state index in [1.165, 1.54) is 0 Å². The standard InChI is InChI=1S/C10H12Cl2N2/c1-13-5-8-6-14(8)10-4-7(11)2-3-9(10)12/h2-4,8,13H,5-6H2,1H3. The van der Waals surface area contributed by atoms with Crippen molar-refractivity contribution in [2.24, 2.45) is 0 Å². The number of anilines is 1. The summed E-state index contributed by atoms with van der Waals surface area (Å²) in [6.07, 6.45) is 0. The lowest BCUT2D eigenvalue weighted by Gasteiger charge is -2.08. The Labute approximate surface area is 93.8 Å². The first kappa shape index (κ1) is 10.1. The highest BCUT2D eigenvalue weighted by Gasteiger charge is 2.34. The molecule has 0 radical (unpaired) electrons. The second-order valence-electron chi connectivity index (χ2n) is 3.46. The number of rotatable bonds is 3. The molecule has 1 aliphatic heterocycles. The molecule has 1 N–H and O–H groups in total. The van der Waals surface area contributed by atoms with Crippen molar-refractivity contribution in [2.75, 3.05) is 25.0 Å². The van der Waals surface area contributed by atoms with E-state index in [9.17, 15) is 0 Å². The van der Waals surface area contributed by atoms with Gasteiger partial charge in [-0.05, 0) is 25.2 Å². The number of likely N-dealkylation sites (N-methyl/N-ethyl adjacent to an activating group) is 1. The zero-order valence-corrected chi connectivity index (χ0v) is 9.44. The number of nitrogens with zero attached hydrogens (tertiary/aromatic N) is 1. The zero-order valence-electron chi connectivity index (χ0n) is 7.93. The quantitative estimate of drug-likeness (QED) is 0.803. The van der Waals surface area contributed by atoms with Crippen LogP contribution in [-0.4, -0.2) is 26.2 Å². The number of nitrogens with one attached hydrogen (secondary N) is 1. The summed E-state index contributed by atoms with van der Waals surface area (Å²) in [6, 6.07) is 6.13. The number of halogens is 2. The maximum atomic E-state index is 6.08. The van der Waals surface area contributed by atoms with Crippen molar-refractivity contribution in [1.29, 1.82) is 0 Å². The second kappa shape index (κ2) is 3.97. The van der Waals surface area contributed by atoms with Crippen LogP contribution in [0.5, 0.6) is 0 Å². The Morgan fingerprint density at radius 3 is 3.00 bits per heavy atom. The minimum Gasteiger partial charge on any atom is -0.362 e. The lowest BCUT2D eigenvalue weighted by atomic mass is 10.3. The highest BCUT2D eigenvalue weighted by atomic mass is 35.5. The van der Waals surface area contributed by atoms with E-state index < -0.39 is 0 Å². The third-order valence-electron chi connectivity index (χ3n) is 2.37. The Bertz CT molecular complexity index is 341. The van der Waals surface area contributed by atoms with E-state index in [0.29, 0.717) is 6.04 Å². The molecule has 0 saturated carbocycles. The molecule has 0 spiro atoms. The Balaban J connectivity index is 2.14. The summed E-state index contributed by atoms with van der Waals surface area (Å²) in [5.41, 5.74) is 1.04. The molecule has 1 aromatic rings. The van der Waals surface area contributed by atoms with Crippen LogP contribution in [0.15, 0.2) is 18.2 Å². The van der Waals surface area contributed by atoms with Gasteiger partial charge in [-0.25, -0.2) is 0 Å². The van der Waals surface area contributed by atoms with Gasteiger partial charge in [0.05, 0.1) is 16.8 Å². The summed E-state index contributed by atoms with van der Waals surface area (Å²) < 4.78 is 0. The van der Waals surface area contributed by atoms with E-state index in [1.54, 1.807) is 0 Å². The van der Waals surface area contributed by atoms with Crippen LogP contribution in [0.25, 0.3) is 0 Å². The van der Waals surface area contributed by atoms with Crippen LogP contribution in [0, 0.1) is 0 Å². The molecule has 0 amide bonds. The highest BCUT2D eigenvalue weighted by molar-refractivity contribution is 6.35. The van der Waals surface area contributed by atoms with E-state index in [2.05, 4.69) is 10.2 Å². The predicted molar refractivity (Wildman–Crippen MR) is 61.5 cm³/mol. The van der Waals surface area contributed by atoms with Crippen LogP contribution in [0.4, 0.5) is 5.69 Å². The number of hydrogen-bond acceptors (Lipinski definition) is 2. The maximum absolute atomic E-state index is 6.08. The van der Waals surface area contributed by atoms with Crippen molar-refractivity contribution in [3.8, 4) is 0 Å². The van der Waals surface area contributed by atoms with Crippen molar-refractivity contribution in [3.63, 3.8) is 0 Å². The fourth-order valence-corrected chi connectivity index (χ4v) is 1.98. The van der Waals surface area contributed by atoms with Crippen molar-refractivity contribution in [3.05, 3.63) is 28.2 Å². The second-order valence-corrected chi connectivity index (χ2v) is 4.30. The Hall–Kier alpha value is -0.440. The van der Waals surface area contributed by atoms with E-state index in [-0.39, 0.29) is 0 Å². The van der Waals surface area contributed by atoms with Crippen LogP contribution >= 0.6 is 23.2 Å². The molecule has 2 nitrogen and oxygen atoms in total. The average Bonchev–Trinajstić information content (AvgIpc) is 2.89. The first-order chi connectivity index (χ1) is 6.72. The largest absolute Gasteiger partial charge is 0.362 e. The van der Waals surface area contributed by atoms with Crippen molar-refractivity contribution in [2.45, 2.75) is 6.04 Å². The summed E-state index contributed by atoms with van der Waals surface area (Å²) in [7, 11) is 1.95. The van der Waals surface area contributed by atoms with Crippen LogP contribution in [0.3, 0.4) is 0 Å². The molecule has 1 saturated heterocycles. The highest BCUT2D eigenvalue weighted by Crippen LogP contribution is 2.35. The van der Waals surface area contributed by atoms with E-state index in [1.807, 2.05) is 25.2 Å². The molecule has 0 aromatic heterocycles. The van der Waals surface area contributed by atoms with Gasteiger partial charge in [0.1, 0.15) is 0 Å². The summed E-state index contributed by atoms with van der Waals surface area (Å²) in [4.78, 5) is 2.24. The molecule has 14 heavy (non-hydrogen) atoms. The molecular weight excluding hydrogens is 219 g/mol. The Morgan fingerprint density at radius 1 is 1.50 bits per heavy atom. The first-order valence-electron chi connectivity index (χ1n) is 4.58. The zero-order chi connectivity index (χ0) is 10.1. The summed E-state index contributed by atoms with van der Waals surface area (Å²) in [5, 5.41) is 4.65. The minimum atomic E-state index is 0.566. The molecule has 1 aromatic carbocycles. The number of hydrogen-bond donors (Lipinski definition) is 1. The molecule has 76 valence electrons. The molecular formula is C10H12Cl2N2. The molecule has 2 rings (SSSR count). The molecule has 1 fully saturated rings. The van der Waals surface area contributed by atoms with Crippen LogP contribution in [-0.2, 0) is 0 Å². The van der Waals surface area contributed by atoms with Gasteiger partial charge in [0.15, 0.2) is 0 Å². The fourth-order valence-electron chi connectivity index (χ4n) is 1.59. The van der Waals surface area contributed by atoms with E-state index >= 15 is 0 Å². The summed E-state index contributed by atoms with van der Waals surface area (Å²) >= 11 is 12.0. The SMILES string of the molecule is CNCC1CN1c1cc(Cl)ccc1Cl. The monoisotopic (exact) mass is 230 g/mol. The van der Waals surface area contributed by atoms with E-state index in [4.69, 9.17) is 23.2 Å². The third kappa shape index (κ3) is 1.97. The topological polar surface area (TPSA) is 15.0 Å². The van der Waals surface area contributed by atoms with Crippen molar-refractivity contribution < 1.29 is 0 Å². The van der Waals surface area contributed by atoms with Gasteiger partial charge in [-0.2, -0.15) is 0 Å². The molecule has 0 bridgehead atoms. The van der Waals surface area contributed by atoms with Gasteiger partial charge in [-0.1, -0.05) is 23.2 Å². The summed E-state index contributed by atoms with van der Waals surface area (Å²) in [5.74, 6) is 0. The molecule has 1 unspecified atom stereocenters. The molecule has 4 heteroatoms. The molecule has 0 aliphatic carbocycles. The van der Waals surface area contributed by atoms with Gasteiger partial charge in [0.2, 0.25) is 0 Å². The Kier molecular flexibility index (Phi) is 2.86. The smallest absolute Gasteiger partial charge is 0.0640 e. The van der Waals surface area contributed by atoms with Crippen LogP contribution in [0.1, 0.15) is 0 Å².